The number of ether oxygens (including phenoxy) is 1. The Hall–Kier alpha value is -3.82. The van der Waals surface area contributed by atoms with Crippen LogP contribution in [0.5, 0.6) is 11.5 Å². The first-order chi connectivity index (χ1) is 21.6. The number of aromatic hydroxyl groups is 1. The number of halogens is 3. The number of nitrogens with two attached hydrogens (primary N) is 1. The molecule has 12 nitrogen and oxygen atoms in total. The van der Waals surface area contributed by atoms with Gasteiger partial charge in [-0.15, -0.1) is 13.2 Å². The highest BCUT2D eigenvalue weighted by Crippen LogP contribution is 2.60. The zero-order valence-corrected chi connectivity index (χ0v) is 25.1. The van der Waals surface area contributed by atoms with E-state index < -0.39 is 93.1 Å². The second-order valence-corrected chi connectivity index (χ2v) is 13.5. The van der Waals surface area contributed by atoms with Crippen molar-refractivity contribution in [2.75, 3.05) is 32.5 Å². The lowest BCUT2D eigenvalue weighted by Crippen LogP contribution is -2.65. The molecule has 46 heavy (non-hydrogen) atoms. The highest BCUT2D eigenvalue weighted by atomic mass is 19.4. The van der Waals surface area contributed by atoms with Gasteiger partial charge in [0.15, 0.2) is 17.1 Å². The Morgan fingerprint density at radius 3 is 2.52 bits per heavy atom. The van der Waals surface area contributed by atoms with Gasteiger partial charge in [0.1, 0.15) is 22.8 Å². The van der Waals surface area contributed by atoms with Crippen LogP contribution in [0.25, 0.3) is 5.76 Å². The smallest absolute Gasteiger partial charge is 0.508 e. The summed E-state index contributed by atoms with van der Waals surface area (Å²) < 4.78 is 47.2. The molecule has 0 spiro atoms. The fourth-order valence-electron chi connectivity index (χ4n) is 9.28. The summed E-state index contributed by atoms with van der Waals surface area (Å²) in [6.07, 6.45) is -2.16. The molecule has 248 valence electrons. The third-order valence-corrected chi connectivity index (χ3v) is 11.0. The first-order valence-corrected chi connectivity index (χ1v) is 15.4. The van der Waals surface area contributed by atoms with Gasteiger partial charge in [-0.3, -0.25) is 24.2 Å². The molecule has 2 saturated heterocycles. The number of hydrogen-bond donors (Lipinski definition) is 6. The molecule has 3 fully saturated rings. The van der Waals surface area contributed by atoms with Crippen LogP contribution in [0.4, 0.5) is 18.9 Å². The maximum absolute atomic E-state index is 14.2. The number of nitrogens with one attached hydrogen (secondary N) is 1. The minimum Gasteiger partial charge on any atom is -0.508 e. The van der Waals surface area contributed by atoms with E-state index in [9.17, 15) is 48.0 Å². The summed E-state index contributed by atoms with van der Waals surface area (Å²) in [6, 6.07) is -1.64. The van der Waals surface area contributed by atoms with Gasteiger partial charge >= 0.3 is 6.36 Å². The Morgan fingerprint density at radius 2 is 1.87 bits per heavy atom. The number of fused-ring (bicyclic) bond motifs is 8. The van der Waals surface area contributed by atoms with Gasteiger partial charge < -0.3 is 36.2 Å². The van der Waals surface area contributed by atoms with Crippen LogP contribution in [-0.4, -0.2) is 98.9 Å². The topological polar surface area (TPSA) is 186 Å². The Kier molecular flexibility index (Phi) is 6.76. The maximum Gasteiger partial charge on any atom is 0.573 e. The van der Waals surface area contributed by atoms with Gasteiger partial charge in [0.25, 0.3) is 5.91 Å². The van der Waals surface area contributed by atoms with Crippen LogP contribution >= 0.6 is 0 Å². The number of phenolic OH excluding ortho intramolecular Hbond substituents is 1. The SMILES string of the molecule is CN(C)[C@@H]1C(=O)C(C(N)=O)=C(O)[C@]2(O)C(=O)C3=C(O)c4c(O)c5c(c(OC(F)(F)F)c4C[C@H]3C[C@@H]12)C1C(CN5)CC2CCCCN21. The normalized spacial score (nSPS) is 33.9. The number of amides is 1. The van der Waals surface area contributed by atoms with E-state index in [0.29, 0.717) is 13.1 Å². The molecule has 0 radical (unpaired) electrons. The number of hydrogen-bond acceptors (Lipinski definition) is 11. The number of benzene rings is 1. The molecule has 1 amide bonds. The van der Waals surface area contributed by atoms with E-state index in [4.69, 9.17) is 10.5 Å². The summed E-state index contributed by atoms with van der Waals surface area (Å²) in [5, 5.41) is 49.2. The van der Waals surface area contributed by atoms with Gasteiger partial charge in [-0.1, -0.05) is 6.42 Å². The molecule has 1 saturated carbocycles. The minimum atomic E-state index is -5.14. The van der Waals surface area contributed by atoms with Crippen molar-refractivity contribution in [3.05, 3.63) is 33.6 Å². The van der Waals surface area contributed by atoms with E-state index >= 15 is 0 Å². The van der Waals surface area contributed by atoms with E-state index in [1.165, 1.54) is 19.0 Å². The first kappa shape index (κ1) is 30.8. The second kappa shape index (κ2) is 10.1. The number of alkyl halides is 3. The van der Waals surface area contributed by atoms with Crippen molar-refractivity contribution >= 4 is 28.9 Å². The summed E-state index contributed by atoms with van der Waals surface area (Å²) in [5.74, 6) is -9.24. The van der Waals surface area contributed by atoms with Gasteiger partial charge in [-0.2, -0.15) is 0 Å². The van der Waals surface area contributed by atoms with Gasteiger partial charge in [0.2, 0.25) is 5.78 Å². The maximum atomic E-state index is 14.2. The third-order valence-electron chi connectivity index (χ3n) is 11.0. The molecule has 3 heterocycles. The van der Waals surface area contributed by atoms with E-state index in [2.05, 4.69) is 10.2 Å². The van der Waals surface area contributed by atoms with Crippen molar-refractivity contribution in [1.82, 2.24) is 9.80 Å². The quantitative estimate of drug-likeness (QED) is 0.209. The predicted octanol–water partition coefficient (Wildman–Crippen LogP) is 2.20. The molecule has 3 unspecified atom stereocenters. The number of carbonyl (C=O) groups is 3. The summed E-state index contributed by atoms with van der Waals surface area (Å²) in [6.45, 7) is 1.03. The summed E-state index contributed by atoms with van der Waals surface area (Å²) in [5.41, 5.74) is 0.601. The van der Waals surface area contributed by atoms with E-state index in [1.807, 2.05) is 0 Å². The molecule has 0 aromatic heterocycles. The highest BCUT2D eigenvalue weighted by Gasteiger charge is 2.64. The van der Waals surface area contributed by atoms with Crippen LogP contribution in [0.1, 0.15) is 54.8 Å². The Bertz CT molecular complexity index is 1650. The van der Waals surface area contributed by atoms with Crippen LogP contribution in [0.15, 0.2) is 16.9 Å². The summed E-state index contributed by atoms with van der Waals surface area (Å²) in [7, 11) is 2.93. The van der Waals surface area contributed by atoms with Crippen molar-refractivity contribution in [3.63, 3.8) is 0 Å². The molecular weight excluding hydrogens is 613 g/mol. The average molecular weight is 649 g/mol. The minimum absolute atomic E-state index is 0.0365. The number of phenols is 1. The lowest BCUT2D eigenvalue weighted by atomic mass is 9.57. The van der Waals surface area contributed by atoms with Crippen LogP contribution in [0.3, 0.4) is 0 Å². The highest BCUT2D eigenvalue weighted by molar-refractivity contribution is 6.24. The largest absolute Gasteiger partial charge is 0.573 e. The van der Waals surface area contributed by atoms with Crippen LogP contribution in [0, 0.1) is 17.8 Å². The number of ketones is 2. The number of primary amides is 1. The first-order valence-electron chi connectivity index (χ1n) is 15.4. The molecule has 6 aliphatic rings. The van der Waals surface area contributed by atoms with Crippen molar-refractivity contribution in [1.29, 1.82) is 0 Å². The number of Topliss-reactive ketones (excluding diaryl/α,β-unsaturated/α-hetero) is 2. The van der Waals surface area contributed by atoms with Crippen molar-refractivity contribution in [2.45, 2.75) is 68.6 Å². The standard InChI is InChI=1S/C31H35F3N4O8/c1-37(2)22-15-9-11-8-14-17(23(39)16(11)27(42)30(15,45)28(43)19(25(22)41)29(35)44)24(40)20-18(26(14)46-31(32,33)34)21-12(10-36-20)7-13-5-3-4-6-38(13)21/h11-13,15,21-22,36,39-40,43,45H,3-10H2,1-2H3,(H2,35,44)/t11-,12?,13?,15-,21?,22-,30+/m0/s1. The van der Waals surface area contributed by atoms with Gasteiger partial charge in [0.05, 0.1) is 17.3 Å². The van der Waals surface area contributed by atoms with Crippen LogP contribution in [-0.2, 0) is 20.8 Å². The Labute approximate surface area is 261 Å². The Balaban J connectivity index is 1.45. The molecule has 0 bridgehead atoms. The molecular formula is C31H35F3N4O8. The fraction of sp³-hybridized carbons (Fsp3) is 0.581. The number of rotatable bonds is 3. The number of anilines is 1. The van der Waals surface area contributed by atoms with E-state index in [0.717, 1.165) is 25.7 Å². The van der Waals surface area contributed by atoms with E-state index in [1.54, 1.807) is 0 Å². The zero-order chi connectivity index (χ0) is 33.2. The summed E-state index contributed by atoms with van der Waals surface area (Å²) >= 11 is 0. The fourth-order valence-corrected chi connectivity index (χ4v) is 9.28. The summed E-state index contributed by atoms with van der Waals surface area (Å²) in [4.78, 5) is 43.2. The molecule has 15 heteroatoms. The number of nitrogens with zero attached hydrogens (tertiary/aromatic N) is 2. The lowest BCUT2D eigenvalue weighted by molar-refractivity contribution is -0.275. The zero-order valence-electron chi connectivity index (χ0n) is 25.1. The average Bonchev–Trinajstić information content (AvgIpc) is 3.35. The van der Waals surface area contributed by atoms with Gasteiger partial charge in [0, 0.05) is 41.2 Å². The lowest BCUT2D eigenvalue weighted by Gasteiger charge is -2.50. The number of aliphatic hydroxyl groups is 3. The molecule has 7 rings (SSSR count). The molecule has 3 aliphatic carbocycles. The number of likely N-dealkylation sites (N-methyl/N-ethyl adjacent to an activating group) is 1. The Morgan fingerprint density at radius 1 is 1.15 bits per heavy atom. The van der Waals surface area contributed by atoms with Gasteiger partial charge in [-0.25, -0.2) is 0 Å². The van der Waals surface area contributed by atoms with Crippen molar-refractivity contribution in [2.24, 2.45) is 23.5 Å². The molecule has 7 N–H and O–H groups in total. The number of carbonyl (C=O) groups excluding carboxylic acids is 3. The number of aliphatic hydroxyl groups excluding tert-OH is 2. The van der Waals surface area contributed by atoms with Crippen molar-refractivity contribution < 1.29 is 52.7 Å². The molecule has 1 aromatic rings. The van der Waals surface area contributed by atoms with E-state index in [-0.39, 0.29) is 41.6 Å². The van der Waals surface area contributed by atoms with Crippen LogP contribution in [0.2, 0.25) is 0 Å². The molecule has 1 aromatic carbocycles. The monoisotopic (exact) mass is 648 g/mol. The van der Waals surface area contributed by atoms with Gasteiger partial charge in [-0.05, 0) is 64.6 Å². The molecule has 7 atom stereocenters. The third kappa shape index (κ3) is 4.06. The number of piperidine rings is 1. The predicted molar refractivity (Wildman–Crippen MR) is 155 cm³/mol. The second-order valence-electron chi connectivity index (χ2n) is 13.5. The molecule has 3 aliphatic heterocycles. The van der Waals surface area contributed by atoms with Crippen LogP contribution < -0.4 is 15.8 Å². The van der Waals surface area contributed by atoms with Crippen molar-refractivity contribution in [3.8, 4) is 11.5 Å².